The van der Waals surface area contributed by atoms with Gasteiger partial charge in [0.2, 0.25) is 0 Å². The molecule has 150 valence electrons. The molecule has 1 heterocycles. The Hall–Kier alpha value is -3.29. The Balaban J connectivity index is 1.47. The molecule has 7 heteroatoms. The number of hydrogen-bond donors (Lipinski definition) is 1. The third kappa shape index (κ3) is 4.48. The monoisotopic (exact) mass is 434 g/mol. The van der Waals surface area contributed by atoms with Crippen LogP contribution < -0.4 is 5.32 Å². The lowest BCUT2D eigenvalue weighted by Gasteiger charge is -2.04. The number of anilines is 1. The van der Waals surface area contributed by atoms with Crippen molar-refractivity contribution >= 4 is 32.2 Å². The molecule has 1 aromatic heterocycles. The summed E-state index contributed by atoms with van der Waals surface area (Å²) in [5.74, 6) is -0.338. The van der Waals surface area contributed by atoms with Gasteiger partial charge in [-0.2, -0.15) is 0 Å². The molecule has 0 saturated heterocycles. The largest absolute Gasteiger partial charge is 0.298 e. The molecule has 5 nitrogen and oxygen atoms in total. The Morgan fingerprint density at radius 2 is 1.43 bits per heavy atom. The van der Waals surface area contributed by atoms with Crippen molar-refractivity contribution in [1.82, 2.24) is 4.98 Å². The maximum atomic E-state index is 12.4. The number of amides is 1. The first-order valence-corrected chi connectivity index (χ1v) is 11.9. The lowest BCUT2D eigenvalue weighted by molar-refractivity contribution is 0.102. The molecule has 0 atom stereocenters. The molecule has 4 aromatic rings. The highest BCUT2D eigenvalue weighted by molar-refractivity contribution is 7.90. The summed E-state index contributed by atoms with van der Waals surface area (Å²) in [7, 11) is -3.29. The second-order valence-electron chi connectivity index (χ2n) is 6.73. The lowest BCUT2D eigenvalue weighted by Crippen LogP contribution is -2.11. The molecule has 4 rings (SSSR count). The van der Waals surface area contributed by atoms with Crippen molar-refractivity contribution in [1.29, 1.82) is 0 Å². The van der Waals surface area contributed by atoms with Crippen LogP contribution in [0.15, 0.2) is 89.1 Å². The predicted molar refractivity (Wildman–Crippen MR) is 120 cm³/mol. The van der Waals surface area contributed by atoms with Crippen LogP contribution in [0.5, 0.6) is 0 Å². The van der Waals surface area contributed by atoms with Crippen molar-refractivity contribution in [3.63, 3.8) is 0 Å². The summed E-state index contributed by atoms with van der Waals surface area (Å²) < 4.78 is 23.1. The van der Waals surface area contributed by atoms with Gasteiger partial charge in [0.15, 0.2) is 15.0 Å². The van der Waals surface area contributed by atoms with E-state index in [2.05, 4.69) is 22.4 Å². The molecule has 0 unspecified atom stereocenters. The Bertz CT molecular complexity index is 1280. The highest BCUT2D eigenvalue weighted by Crippen LogP contribution is 2.28. The number of benzene rings is 3. The summed E-state index contributed by atoms with van der Waals surface area (Å²) in [5.41, 5.74) is 4.38. The molecule has 0 radical (unpaired) electrons. The van der Waals surface area contributed by atoms with Crippen LogP contribution in [0, 0.1) is 0 Å². The maximum absolute atomic E-state index is 12.4. The van der Waals surface area contributed by atoms with E-state index in [1.165, 1.54) is 35.6 Å². The zero-order valence-electron chi connectivity index (χ0n) is 16.1. The smallest absolute Gasteiger partial charge is 0.257 e. The third-order valence-corrected chi connectivity index (χ3v) is 6.44. The molecule has 0 aliphatic rings. The first kappa shape index (κ1) is 20.0. The number of nitrogens with zero attached hydrogens (tertiary/aromatic N) is 1. The van der Waals surface area contributed by atoms with E-state index in [1.807, 2.05) is 47.8 Å². The van der Waals surface area contributed by atoms with E-state index in [9.17, 15) is 13.2 Å². The van der Waals surface area contributed by atoms with Gasteiger partial charge in [0.1, 0.15) is 0 Å². The quantitative estimate of drug-likeness (QED) is 0.472. The number of carbonyl (C=O) groups excluding carboxylic acids is 1. The number of thiazole rings is 1. The first-order chi connectivity index (χ1) is 14.4. The Labute approximate surface area is 179 Å². The van der Waals surface area contributed by atoms with Crippen molar-refractivity contribution in [2.75, 3.05) is 11.6 Å². The van der Waals surface area contributed by atoms with E-state index < -0.39 is 9.84 Å². The molecule has 0 saturated carbocycles. The number of nitrogens with one attached hydrogen (secondary N) is 1. The Kier molecular flexibility index (Phi) is 5.48. The van der Waals surface area contributed by atoms with Gasteiger partial charge >= 0.3 is 0 Å². The minimum absolute atomic E-state index is 0.175. The molecular weight excluding hydrogens is 416 g/mol. The van der Waals surface area contributed by atoms with E-state index in [0.29, 0.717) is 10.7 Å². The van der Waals surface area contributed by atoms with Crippen LogP contribution in [0.2, 0.25) is 0 Å². The van der Waals surface area contributed by atoms with Crippen LogP contribution in [0.1, 0.15) is 10.4 Å². The molecule has 3 aromatic carbocycles. The van der Waals surface area contributed by atoms with Crippen molar-refractivity contribution in [2.24, 2.45) is 0 Å². The van der Waals surface area contributed by atoms with E-state index in [-0.39, 0.29) is 10.8 Å². The standard InChI is InChI=1S/C23H18N2O3S2/c1-30(27,28)20-13-11-19(12-14-20)22(26)25-23-24-21(15-29-23)18-9-7-17(8-10-18)16-5-3-2-4-6-16/h2-15H,1H3,(H,24,25,26). The van der Waals surface area contributed by atoms with Gasteiger partial charge in [-0.3, -0.25) is 10.1 Å². The molecule has 0 fully saturated rings. The number of hydrogen-bond acceptors (Lipinski definition) is 5. The molecule has 1 amide bonds. The van der Waals surface area contributed by atoms with Gasteiger partial charge in [0.05, 0.1) is 10.6 Å². The average molecular weight is 435 g/mol. The second kappa shape index (κ2) is 8.22. The van der Waals surface area contributed by atoms with Gasteiger partial charge < -0.3 is 0 Å². The fourth-order valence-corrected chi connectivity index (χ4v) is 4.30. The second-order valence-corrected chi connectivity index (χ2v) is 9.61. The van der Waals surface area contributed by atoms with E-state index in [1.54, 1.807) is 0 Å². The lowest BCUT2D eigenvalue weighted by atomic mass is 10.0. The van der Waals surface area contributed by atoms with E-state index in [0.717, 1.165) is 28.6 Å². The zero-order chi connectivity index (χ0) is 21.1. The summed E-state index contributed by atoms with van der Waals surface area (Å²) in [6.07, 6.45) is 1.13. The minimum Gasteiger partial charge on any atom is -0.298 e. The topological polar surface area (TPSA) is 76.1 Å². The molecule has 0 aliphatic heterocycles. The highest BCUT2D eigenvalue weighted by Gasteiger charge is 2.12. The summed E-state index contributed by atoms with van der Waals surface area (Å²) in [4.78, 5) is 17.1. The van der Waals surface area contributed by atoms with Gasteiger partial charge in [0.25, 0.3) is 5.91 Å². The Morgan fingerprint density at radius 3 is 2.07 bits per heavy atom. The van der Waals surface area contributed by atoms with Gasteiger partial charge in [-0.15, -0.1) is 11.3 Å². The first-order valence-electron chi connectivity index (χ1n) is 9.13. The molecule has 30 heavy (non-hydrogen) atoms. The van der Waals surface area contributed by atoms with Crippen LogP contribution in [0.4, 0.5) is 5.13 Å². The fraction of sp³-hybridized carbons (Fsp3) is 0.0435. The number of carbonyl (C=O) groups is 1. The van der Waals surface area contributed by atoms with Crippen molar-refractivity contribution in [3.8, 4) is 22.4 Å². The normalized spacial score (nSPS) is 11.2. The van der Waals surface area contributed by atoms with Gasteiger partial charge in [-0.1, -0.05) is 54.6 Å². The van der Waals surface area contributed by atoms with Crippen LogP contribution in [-0.2, 0) is 9.84 Å². The van der Waals surface area contributed by atoms with Crippen LogP contribution in [0.25, 0.3) is 22.4 Å². The molecule has 0 aliphatic carbocycles. The van der Waals surface area contributed by atoms with E-state index >= 15 is 0 Å². The number of sulfone groups is 1. The molecule has 0 bridgehead atoms. The average Bonchev–Trinajstić information content (AvgIpc) is 3.22. The van der Waals surface area contributed by atoms with Gasteiger partial charge in [-0.25, -0.2) is 13.4 Å². The van der Waals surface area contributed by atoms with Crippen molar-refractivity contribution in [2.45, 2.75) is 4.90 Å². The van der Waals surface area contributed by atoms with Gasteiger partial charge in [0, 0.05) is 22.8 Å². The highest BCUT2D eigenvalue weighted by atomic mass is 32.2. The van der Waals surface area contributed by atoms with Crippen LogP contribution >= 0.6 is 11.3 Å². The number of rotatable bonds is 5. The summed E-state index contributed by atoms with van der Waals surface area (Å²) >= 11 is 1.34. The fourth-order valence-electron chi connectivity index (χ4n) is 2.95. The summed E-state index contributed by atoms with van der Waals surface area (Å²) in [5, 5.41) is 5.13. The number of aromatic nitrogens is 1. The molecular formula is C23H18N2O3S2. The molecule has 0 spiro atoms. The van der Waals surface area contributed by atoms with Crippen LogP contribution in [-0.4, -0.2) is 25.6 Å². The van der Waals surface area contributed by atoms with Crippen molar-refractivity contribution in [3.05, 3.63) is 89.8 Å². The summed E-state index contributed by atoms with van der Waals surface area (Å²) in [6, 6.07) is 24.1. The van der Waals surface area contributed by atoms with E-state index in [4.69, 9.17) is 0 Å². The van der Waals surface area contributed by atoms with Crippen molar-refractivity contribution < 1.29 is 13.2 Å². The maximum Gasteiger partial charge on any atom is 0.257 e. The predicted octanol–water partition coefficient (Wildman–Crippen LogP) is 5.13. The molecule has 1 N–H and O–H groups in total. The summed E-state index contributed by atoms with van der Waals surface area (Å²) in [6.45, 7) is 0. The minimum atomic E-state index is -3.29. The van der Waals surface area contributed by atoms with Gasteiger partial charge in [-0.05, 0) is 35.4 Å². The zero-order valence-corrected chi connectivity index (χ0v) is 17.7. The SMILES string of the molecule is CS(=O)(=O)c1ccc(C(=O)Nc2nc(-c3ccc(-c4ccccc4)cc3)cs2)cc1. The van der Waals surface area contributed by atoms with Crippen LogP contribution in [0.3, 0.4) is 0 Å². The Morgan fingerprint density at radius 1 is 0.833 bits per heavy atom. The third-order valence-electron chi connectivity index (χ3n) is 4.56.